The highest BCUT2D eigenvalue weighted by molar-refractivity contribution is 7.47. The highest BCUT2D eigenvalue weighted by atomic mass is 31.2. The molecule has 3 N–H and O–H groups in total. The number of unbranched alkanes of at least 4 members (excludes halogenated alkanes) is 38. The van der Waals surface area contributed by atoms with E-state index in [-0.39, 0.29) is 25.7 Å². The lowest BCUT2D eigenvalue weighted by atomic mass is 9.99. The number of hydrogen-bond donors (Lipinski definition) is 3. The first kappa shape index (κ1) is 95.5. The maximum absolute atomic E-state index is 13.1. The molecule has 578 valence electrons. The van der Waals surface area contributed by atoms with Gasteiger partial charge in [0.25, 0.3) is 0 Å². The molecule has 4 unspecified atom stereocenters. The lowest BCUT2D eigenvalue weighted by Crippen LogP contribution is -2.30. The van der Waals surface area contributed by atoms with Crippen LogP contribution in [0, 0.1) is 17.8 Å². The first-order chi connectivity index (χ1) is 47.3. The average molecular weight is 1430 g/mol. The Morgan fingerprint density at radius 1 is 0.337 bits per heavy atom. The van der Waals surface area contributed by atoms with Gasteiger partial charge in [0.1, 0.15) is 19.3 Å². The number of aliphatic hydroxyl groups is 1. The summed E-state index contributed by atoms with van der Waals surface area (Å²) in [5.74, 6) is 0.226. The fourth-order valence-corrected chi connectivity index (χ4v) is 13.1. The lowest BCUT2D eigenvalue weighted by Gasteiger charge is -2.21. The summed E-state index contributed by atoms with van der Waals surface area (Å²) >= 11 is 0. The summed E-state index contributed by atoms with van der Waals surface area (Å²) in [5.41, 5.74) is 0. The van der Waals surface area contributed by atoms with Crippen LogP contribution in [0.1, 0.15) is 382 Å². The minimum atomic E-state index is -4.97. The van der Waals surface area contributed by atoms with Crippen molar-refractivity contribution in [3.05, 3.63) is 24.3 Å². The van der Waals surface area contributed by atoms with Gasteiger partial charge in [-0.1, -0.05) is 330 Å². The van der Waals surface area contributed by atoms with Gasteiger partial charge in [0.05, 0.1) is 26.4 Å². The molecule has 98 heavy (non-hydrogen) atoms. The molecule has 0 saturated carbocycles. The number of rotatable bonds is 75. The van der Waals surface area contributed by atoms with Crippen LogP contribution in [0.25, 0.3) is 0 Å². The summed E-state index contributed by atoms with van der Waals surface area (Å²) in [6.45, 7) is 11.9. The van der Waals surface area contributed by atoms with Gasteiger partial charge >= 0.3 is 39.5 Å². The van der Waals surface area contributed by atoms with Gasteiger partial charge < -0.3 is 33.8 Å². The molecule has 0 rings (SSSR count). The van der Waals surface area contributed by atoms with Crippen molar-refractivity contribution in [3.63, 3.8) is 0 Å². The van der Waals surface area contributed by atoms with E-state index in [2.05, 4.69) is 72.8 Å². The largest absolute Gasteiger partial charge is 0.472 e. The molecule has 0 aliphatic heterocycles. The van der Waals surface area contributed by atoms with Gasteiger partial charge in [-0.2, -0.15) is 0 Å². The maximum Gasteiger partial charge on any atom is 0.472 e. The molecule has 0 fully saturated rings. The number of esters is 4. The van der Waals surface area contributed by atoms with E-state index in [1.165, 1.54) is 173 Å². The van der Waals surface area contributed by atoms with Gasteiger partial charge in [-0.25, -0.2) is 9.13 Å². The second-order valence-corrected chi connectivity index (χ2v) is 31.6. The zero-order valence-corrected chi connectivity index (χ0v) is 65.5. The normalized spacial score (nSPS) is 14.7. The minimum Gasteiger partial charge on any atom is -0.462 e. The minimum absolute atomic E-state index is 0.100. The van der Waals surface area contributed by atoms with Crippen LogP contribution in [-0.2, 0) is 65.4 Å². The van der Waals surface area contributed by atoms with Crippen LogP contribution < -0.4 is 0 Å². The van der Waals surface area contributed by atoms with Crippen LogP contribution in [0.4, 0.5) is 0 Å². The van der Waals surface area contributed by atoms with Crippen LogP contribution in [0.2, 0.25) is 0 Å². The van der Waals surface area contributed by atoms with Gasteiger partial charge in [-0.3, -0.25) is 37.3 Å². The van der Waals surface area contributed by atoms with Crippen molar-refractivity contribution in [2.24, 2.45) is 17.8 Å². The first-order valence-corrected chi connectivity index (χ1v) is 43.2. The van der Waals surface area contributed by atoms with Gasteiger partial charge in [-0.15, -0.1) is 0 Å². The molecule has 0 amide bonds. The Morgan fingerprint density at radius 2 is 0.602 bits per heavy atom. The molecule has 0 aromatic rings. The monoisotopic (exact) mass is 1430 g/mol. The van der Waals surface area contributed by atoms with Crippen LogP contribution >= 0.6 is 15.6 Å². The summed E-state index contributed by atoms with van der Waals surface area (Å²) in [6, 6.07) is 0. The second-order valence-electron chi connectivity index (χ2n) is 28.7. The Labute approximate surface area is 599 Å². The van der Waals surface area contributed by atoms with E-state index in [1.54, 1.807) is 0 Å². The van der Waals surface area contributed by atoms with Crippen molar-refractivity contribution in [2.75, 3.05) is 39.6 Å². The van der Waals surface area contributed by atoms with E-state index in [4.69, 9.17) is 37.0 Å². The van der Waals surface area contributed by atoms with Crippen LogP contribution in [-0.4, -0.2) is 96.7 Å². The van der Waals surface area contributed by atoms with Gasteiger partial charge in [0, 0.05) is 25.7 Å². The zero-order chi connectivity index (χ0) is 72.3. The standard InChI is InChI=1S/C79H150O17P2/c1-8-11-12-13-14-15-16-17-18-22-25-31-39-46-53-60-76(81)89-66-74(95-78(83)62-55-48-41-32-26-23-20-19-21-24-29-36-43-50-57-70(4)5)68-93-97(85,86)91-64-73(80)65-92-98(87,88)94-69-75(67-90-77(82)61-54-47-40-35-34-38-45-52-59-72(7)10-3)96-79(84)63-56-49-42-33-28-27-30-37-44-51-58-71(6)9-2/h15-18,70-75,80H,8-14,19-69H2,1-7H3,(H,85,86)(H,87,88)/b16-15-,18-17-/t71?,72?,73-,74-,75-/m1/s1. The van der Waals surface area contributed by atoms with Crippen LogP contribution in [0.5, 0.6) is 0 Å². The van der Waals surface area contributed by atoms with Gasteiger partial charge in [0.2, 0.25) is 0 Å². The quantitative estimate of drug-likeness (QED) is 0.0169. The molecule has 0 radical (unpaired) electrons. The number of ether oxygens (including phenoxy) is 4. The van der Waals surface area contributed by atoms with Crippen molar-refractivity contribution < 1.29 is 80.2 Å². The number of allylic oxidation sites excluding steroid dienone is 4. The van der Waals surface area contributed by atoms with E-state index in [0.717, 1.165) is 127 Å². The molecule has 0 aliphatic rings. The Balaban J connectivity index is 5.31. The third-order valence-electron chi connectivity index (χ3n) is 18.5. The number of hydrogen-bond acceptors (Lipinski definition) is 15. The molecule has 19 heteroatoms. The third kappa shape index (κ3) is 69.3. The predicted molar refractivity (Wildman–Crippen MR) is 400 cm³/mol. The number of phosphoric acid groups is 2. The fourth-order valence-electron chi connectivity index (χ4n) is 11.5. The summed E-state index contributed by atoms with van der Waals surface area (Å²) in [5, 5.41) is 10.6. The Bertz CT molecular complexity index is 2000. The fraction of sp³-hybridized carbons (Fsp3) is 0.899. The molecule has 17 nitrogen and oxygen atoms in total. The summed E-state index contributed by atoms with van der Waals surface area (Å²) in [6.07, 6.45) is 58.9. The summed E-state index contributed by atoms with van der Waals surface area (Å²) < 4.78 is 68.6. The van der Waals surface area contributed by atoms with Crippen LogP contribution in [0.15, 0.2) is 24.3 Å². The molecule has 0 bridgehead atoms. The zero-order valence-electron chi connectivity index (χ0n) is 63.7. The van der Waals surface area contributed by atoms with Gasteiger partial charge in [-0.05, 0) is 69.1 Å². The van der Waals surface area contributed by atoms with Crippen LogP contribution in [0.3, 0.4) is 0 Å². The van der Waals surface area contributed by atoms with E-state index in [1.807, 2.05) is 0 Å². The van der Waals surface area contributed by atoms with E-state index >= 15 is 0 Å². The molecule has 0 aromatic carbocycles. The topological polar surface area (TPSA) is 237 Å². The van der Waals surface area contributed by atoms with Crippen molar-refractivity contribution in [2.45, 2.75) is 401 Å². The SMILES string of the molecule is CCCCCC/C=C\C=C/CCCCCCCC(=O)OC[C@H](COP(=O)(O)OC[C@@H](O)COP(=O)(O)OC[C@@H](COC(=O)CCCCCCCCCCC(C)CC)OC(=O)CCCCCCCCCCCCC(C)CC)OC(=O)CCCCCCCCCCCCCCCCC(C)C. The summed E-state index contributed by atoms with van der Waals surface area (Å²) in [7, 11) is -9.93. The highest BCUT2D eigenvalue weighted by Crippen LogP contribution is 2.45. The maximum atomic E-state index is 13.1. The van der Waals surface area contributed by atoms with Crippen molar-refractivity contribution in [3.8, 4) is 0 Å². The second kappa shape index (κ2) is 68.9. The molecular formula is C79H150O17P2. The molecule has 0 heterocycles. The average Bonchev–Trinajstić information content (AvgIpc) is 1.14. The number of phosphoric ester groups is 2. The van der Waals surface area contributed by atoms with E-state index < -0.39 is 97.5 Å². The number of carbonyl (C=O) groups excluding carboxylic acids is 4. The Morgan fingerprint density at radius 3 is 0.908 bits per heavy atom. The van der Waals surface area contributed by atoms with Gasteiger partial charge in [0.15, 0.2) is 12.2 Å². The van der Waals surface area contributed by atoms with Crippen molar-refractivity contribution in [1.29, 1.82) is 0 Å². The predicted octanol–water partition coefficient (Wildman–Crippen LogP) is 22.9. The first-order valence-electron chi connectivity index (χ1n) is 40.2. The molecular weight excluding hydrogens is 1280 g/mol. The van der Waals surface area contributed by atoms with E-state index in [9.17, 15) is 43.2 Å². The van der Waals surface area contributed by atoms with E-state index in [0.29, 0.717) is 25.7 Å². The molecule has 7 atom stereocenters. The molecule has 0 aromatic heterocycles. The number of carbonyl (C=O) groups is 4. The Hall–Kier alpha value is -2.46. The lowest BCUT2D eigenvalue weighted by molar-refractivity contribution is -0.161. The number of aliphatic hydroxyl groups excluding tert-OH is 1. The highest BCUT2D eigenvalue weighted by Gasteiger charge is 2.30. The third-order valence-corrected chi connectivity index (χ3v) is 20.4. The summed E-state index contributed by atoms with van der Waals surface area (Å²) in [4.78, 5) is 73.0. The van der Waals surface area contributed by atoms with Crippen molar-refractivity contribution in [1.82, 2.24) is 0 Å². The molecule has 0 saturated heterocycles. The smallest absolute Gasteiger partial charge is 0.462 e. The molecule has 0 spiro atoms. The molecule has 0 aliphatic carbocycles. The Kier molecular flexibility index (Phi) is 67.2. The van der Waals surface area contributed by atoms with Crippen molar-refractivity contribution >= 4 is 39.5 Å².